The molecular formula is C20H30N4O. The number of aromatic nitrogens is 2. The summed E-state index contributed by atoms with van der Waals surface area (Å²) in [5.74, 6) is -0.0759. The maximum absolute atomic E-state index is 12.7. The van der Waals surface area contributed by atoms with Crippen molar-refractivity contribution >= 4 is 5.91 Å². The van der Waals surface area contributed by atoms with Crippen LogP contribution in [0.4, 0.5) is 0 Å². The van der Waals surface area contributed by atoms with Crippen LogP contribution >= 0.6 is 0 Å². The molecule has 25 heavy (non-hydrogen) atoms. The summed E-state index contributed by atoms with van der Waals surface area (Å²) < 4.78 is 1.79. The van der Waals surface area contributed by atoms with E-state index >= 15 is 0 Å². The molecule has 0 aliphatic heterocycles. The number of hydrogen-bond donors (Lipinski definition) is 2. The van der Waals surface area contributed by atoms with Crippen LogP contribution in [0.3, 0.4) is 0 Å². The molecule has 136 valence electrons. The lowest BCUT2D eigenvalue weighted by Gasteiger charge is -2.18. The molecule has 1 aromatic heterocycles. The topological polar surface area (TPSA) is 58.9 Å². The van der Waals surface area contributed by atoms with E-state index in [4.69, 9.17) is 5.10 Å². The van der Waals surface area contributed by atoms with Gasteiger partial charge < -0.3 is 10.6 Å². The van der Waals surface area contributed by atoms with Crippen molar-refractivity contribution in [2.75, 3.05) is 13.1 Å². The van der Waals surface area contributed by atoms with Gasteiger partial charge in [0.1, 0.15) is 0 Å². The fraction of sp³-hybridized carbons (Fsp3) is 0.500. The summed E-state index contributed by atoms with van der Waals surface area (Å²) in [6, 6.07) is 8.36. The molecule has 1 atom stereocenters. The molecule has 0 radical (unpaired) electrons. The Bertz CT molecular complexity index is 710. The second-order valence-electron chi connectivity index (χ2n) is 7.59. The molecule has 0 unspecified atom stereocenters. The van der Waals surface area contributed by atoms with Crippen molar-refractivity contribution in [3.05, 3.63) is 47.3 Å². The zero-order valence-corrected chi connectivity index (χ0v) is 16.2. The van der Waals surface area contributed by atoms with E-state index < -0.39 is 0 Å². The first-order chi connectivity index (χ1) is 11.7. The van der Waals surface area contributed by atoms with Gasteiger partial charge in [0.2, 0.25) is 0 Å². The molecule has 0 spiro atoms. The monoisotopic (exact) mass is 342 g/mol. The standard InChI is InChI=1S/C20H30N4O/c1-7-21-15(3)12-22-19(25)17-13-24(23-18(17)20(4,5)6)16-10-8-14(2)9-11-16/h8-11,13,15,21H,7,12H2,1-6H3,(H,22,25)/t15-/m1/s1. The highest BCUT2D eigenvalue weighted by Crippen LogP contribution is 2.25. The third-order valence-corrected chi connectivity index (χ3v) is 4.09. The fourth-order valence-electron chi connectivity index (χ4n) is 2.69. The lowest BCUT2D eigenvalue weighted by Crippen LogP contribution is -2.39. The number of likely N-dealkylation sites (N-methyl/N-ethyl adjacent to an activating group) is 1. The second-order valence-corrected chi connectivity index (χ2v) is 7.59. The molecule has 1 aromatic carbocycles. The first-order valence-electron chi connectivity index (χ1n) is 8.91. The SMILES string of the molecule is CCN[C@H](C)CNC(=O)c1cn(-c2ccc(C)cc2)nc1C(C)(C)C. The number of nitrogens with one attached hydrogen (secondary N) is 2. The van der Waals surface area contributed by atoms with Gasteiger partial charge in [-0.25, -0.2) is 4.68 Å². The Morgan fingerprint density at radius 3 is 2.44 bits per heavy atom. The summed E-state index contributed by atoms with van der Waals surface area (Å²) in [4.78, 5) is 12.7. The molecule has 0 aliphatic carbocycles. The van der Waals surface area contributed by atoms with Crippen LogP contribution in [0.15, 0.2) is 30.5 Å². The van der Waals surface area contributed by atoms with Gasteiger partial charge in [0.25, 0.3) is 5.91 Å². The summed E-state index contributed by atoms with van der Waals surface area (Å²) in [5, 5.41) is 11.0. The number of aryl methyl sites for hydroxylation is 1. The summed E-state index contributed by atoms with van der Waals surface area (Å²) in [5.41, 5.74) is 3.38. The first kappa shape index (κ1) is 19.2. The average molecular weight is 342 g/mol. The Labute approximate surface area is 150 Å². The fourth-order valence-corrected chi connectivity index (χ4v) is 2.69. The van der Waals surface area contributed by atoms with Gasteiger partial charge in [-0.05, 0) is 32.5 Å². The predicted molar refractivity (Wildman–Crippen MR) is 102 cm³/mol. The molecule has 0 bridgehead atoms. The maximum Gasteiger partial charge on any atom is 0.254 e. The van der Waals surface area contributed by atoms with E-state index in [1.807, 2.05) is 30.5 Å². The Morgan fingerprint density at radius 2 is 1.88 bits per heavy atom. The highest BCUT2D eigenvalue weighted by atomic mass is 16.1. The van der Waals surface area contributed by atoms with E-state index in [0.717, 1.165) is 17.9 Å². The van der Waals surface area contributed by atoms with Crippen molar-refractivity contribution in [2.24, 2.45) is 0 Å². The van der Waals surface area contributed by atoms with Crippen LogP contribution < -0.4 is 10.6 Å². The van der Waals surface area contributed by atoms with Gasteiger partial charge in [0.15, 0.2) is 0 Å². The smallest absolute Gasteiger partial charge is 0.254 e. The lowest BCUT2D eigenvalue weighted by molar-refractivity contribution is 0.0948. The van der Waals surface area contributed by atoms with E-state index in [2.05, 4.69) is 52.2 Å². The van der Waals surface area contributed by atoms with Crippen molar-refractivity contribution in [1.29, 1.82) is 0 Å². The normalized spacial score (nSPS) is 12.9. The number of carbonyl (C=O) groups is 1. The first-order valence-corrected chi connectivity index (χ1v) is 8.91. The number of nitrogens with zero attached hydrogens (tertiary/aromatic N) is 2. The van der Waals surface area contributed by atoms with E-state index in [9.17, 15) is 4.79 Å². The van der Waals surface area contributed by atoms with Crippen LogP contribution in [0.2, 0.25) is 0 Å². The third-order valence-electron chi connectivity index (χ3n) is 4.09. The summed E-state index contributed by atoms with van der Waals surface area (Å²) in [6.45, 7) is 13.9. The predicted octanol–water partition coefficient (Wildman–Crippen LogP) is 3.21. The van der Waals surface area contributed by atoms with Gasteiger partial charge >= 0.3 is 0 Å². The third kappa shape index (κ3) is 4.92. The van der Waals surface area contributed by atoms with Gasteiger partial charge in [0.05, 0.1) is 16.9 Å². The van der Waals surface area contributed by atoms with Gasteiger partial charge in [0, 0.05) is 24.2 Å². The zero-order chi connectivity index (χ0) is 18.6. The van der Waals surface area contributed by atoms with E-state index in [1.165, 1.54) is 5.56 Å². The summed E-state index contributed by atoms with van der Waals surface area (Å²) in [7, 11) is 0. The molecule has 1 amide bonds. The minimum absolute atomic E-state index is 0.0759. The number of benzene rings is 1. The van der Waals surface area contributed by atoms with E-state index in [1.54, 1.807) is 4.68 Å². The van der Waals surface area contributed by atoms with Crippen LogP contribution in [0.5, 0.6) is 0 Å². The number of rotatable bonds is 6. The van der Waals surface area contributed by atoms with Crippen molar-refractivity contribution in [3.63, 3.8) is 0 Å². The molecule has 2 N–H and O–H groups in total. The van der Waals surface area contributed by atoms with Gasteiger partial charge in [-0.2, -0.15) is 5.10 Å². The Balaban J connectivity index is 2.29. The Hall–Kier alpha value is -2.14. The van der Waals surface area contributed by atoms with Crippen molar-refractivity contribution in [1.82, 2.24) is 20.4 Å². The minimum Gasteiger partial charge on any atom is -0.350 e. The van der Waals surface area contributed by atoms with Crippen molar-refractivity contribution < 1.29 is 4.79 Å². The highest BCUT2D eigenvalue weighted by Gasteiger charge is 2.26. The van der Waals surface area contributed by atoms with E-state index in [-0.39, 0.29) is 17.4 Å². The summed E-state index contributed by atoms with van der Waals surface area (Å²) >= 11 is 0. The molecular weight excluding hydrogens is 312 g/mol. The van der Waals surface area contributed by atoms with E-state index in [0.29, 0.717) is 12.1 Å². The van der Waals surface area contributed by atoms with Crippen LogP contribution in [0, 0.1) is 6.92 Å². The molecule has 0 saturated heterocycles. The van der Waals surface area contributed by atoms with Crippen molar-refractivity contribution in [3.8, 4) is 5.69 Å². The van der Waals surface area contributed by atoms with Gasteiger partial charge in [-0.3, -0.25) is 4.79 Å². The quantitative estimate of drug-likeness (QED) is 0.847. The second kappa shape index (κ2) is 7.83. The van der Waals surface area contributed by atoms with Crippen LogP contribution in [-0.2, 0) is 5.41 Å². The summed E-state index contributed by atoms with van der Waals surface area (Å²) in [6.07, 6.45) is 1.83. The van der Waals surface area contributed by atoms with Crippen LogP contribution in [0.1, 0.15) is 56.2 Å². The Kier molecular flexibility index (Phi) is 6.01. The minimum atomic E-state index is -0.212. The molecule has 2 aromatic rings. The number of amides is 1. The molecule has 0 saturated carbocycles. The average Bonchev–Trinajstić information content (AvgIpc) is 2.99. The van der Waals surface area contributed by atoms with Gasteiger partial charge in [-0.15, -0.1) is 0 Å². The molecule has 0 aliphatic rings. The van der Waals surface area contributed by atoms with Crippen LogP contribution in [0.25, 0.3) is 5.69 Å². The molecule has 5 nitrogen and oxygen atoms in total. The number of hydrogen-bond acceptors (Lipinski definition) is 3. The Morgan fingerprint density at radius 1 is 1.24 bits per heavy atom. The molecule has 2 rings (SSSR count). The highest BCUT2D eigenvalue weighted by molar-refractivity contribution is 5.95. The van der Waals surface area contributed by atoms with Gasteiger partial charge in [-0.1, -0.05) is 45.4 Å². The number of carbonyl (C=O) groups excluding carboxylic acids is 1. The largest absolute Gasteiger partial charge is 0.350 e. The lowest BCUT2D eigenvalue weighted by atomic mass is 9.89. The van der Waals surface area contributed by atoms with Crippen molar-refractivity contribution in [2.45, 2.75) is 53.0 Å². The maximum atomic E-state index is 12.7. The molecule has 5 heteroatoms. The zero-order valence-electron chi connectivity index (χ0n) is 16.2. The molecule has 0 fully saturated rings. The molecule has 1 heterocycles. The van der Waals surface area contributed by atoms with Crippen LogP contribution in [-0.4, -0.2) is 34.8 Å².